The van der Waals surface area contributed by atoms with Crippen LogP contribution in [0.5, 0.6) is 5.75 Å². The lowest BCUT2D eigenvalue weighted by atomic mass is 9.77. The Labute approximate surface area is 334 Å². The monoisotopic (exact) mass is 794 g/mol. The Bertz CT molecular complexity index is 1760. The first kappa shape index (κ1) is 42.6. The van der Waals surface area contributed by atoms with Gasteiger partial charge in [0.15, 0.2) is 0 Å². The molecule has 5 rings (SSSR count). The second-order valence-corrected chi connectivity index (χ2v) is 17.8. The van der Waals surface area contributed by atoms with Gasteiger partial charge in [0, 0.05) is 44.1 Å². The molecule has 13 heteroatoms. The quantitative estimate of drug-likeness (QED) is 0.113. The zero-order valence-electron chi connectivity index (χ0n) is 32.9. The van der Waals surface area contributed by atoms with Gasteiger partial charge in [-0.25, -0.2) is 4.98 Å². The lowest BCUT2D eigenvalue weighted by Crippen LogP contribution is -2.57. The fraction of sp³-hybridized carbons (Fsp3) is 0.571. The van der Waals surface area contributed by atoms with Gasteiger partial charge in [-0.1, -0.05) is 68.8 Å². The van der Waals surface area contributed by atoms with Gasteiger partial charge in [-0.15, -0.1) is 11.3 Å². The molecule has 0 unspecified atom stereocenters. The average molecular weight is 795 g/mol. The number of aliphatic hydroxyl groups excluding tert-OH is 1. The Morgan fingerprint density at radius 2 is 1.82 bits per heavy atom. The molecule has 1 aliphatic heterocycles. The summed E-state index contributed by atoms with van der Waals surface area (Å²) in [5.74, 6) is 0.330. The maximum Gasteiger partial charge on any atom is 0.246 e. The van der Waals surface area contributed by atoms with E-state index in [1.807, 2.05) is 51.4 Å². The number of aryl methyl sites for hydroxylation is 1. The van der Waals surface area contributed by atoms with Gasteiger partial charge in [0.25, 0.3) is 0 Å². The van der Waals surface area contributed by atoms with Crippen molar-refractivity contribution in [1.29, 1.82) is 0 Å². The topological polar surface area (TPSA) is 173 Å². The summed E-state index contributed by atoms with van der Waals surface area (Å²) >= 11 is 8.44. The van der Waals surface area contributed by atoms with Gasteiger partial charge in [0.2, 0.25) is 17.7 Å². The summed E-state index contributed by atoms with van der Waals surface area (Å²) in [5.41, 5.74) is 17.0. The average Bonchev–Trinajstić information content (AvgIpc) is 3.75. The normalized spacial score (nSPS) is 21.9. The van der Waals surface area contributed by atoms with Gasteiger partial charge in [-0.05, 0) is 92.4 Å². The van der Waals surface area contributed by atoms with Crippen LogP contribution in [-0.4, -0.2) is 76.6 Å². The molecule has 2 heterocycles. The molecule has 0 spiro atoms. The molecule has 2 aliphatic rings. The number of nitrogens with zero attached hydrogens (tertiary/aromatic N) is 2. The van der Waals surface area contributed by atoms with Crippen molar-refractivity contribution in [2.24, 2.45) is 22.8 Å². The van der Waals surface area contributed by atoms with E-state index in [4.69, 9.17) is 27.8 Å². The summed E-state index contributed by atoms with van der Waals surface area (Å²) in [6.45, 7) is 11.0. The number of rotatable bonds is 16. The van der Waals surface area contributed by atoms with E-state index >= 15 is 0 Å². The number of nitrogens with two attached hydrogens (primary N) is 2. The summed E-state index contributed by atoms with van der Waals surface area (Å²) < 4.78 is 5.92. The summed E-state index contributed by atoms with van der Waals surface area (Å²) in [6.07, 6.45) is 4.36. The van der Waals surface area contributed by atoms with E-state index in [0.29, 0.717) is 36.6 Å². The number of carbonyl (C=O) groups excluding carboxylic acids is 3. The number of primary amides is 1. The molecule has 0 radical (unpaired) electrons. The summed E-state index contributed by atoms with van der Waals surface area (Å²) in [7, 11) is 0. The van der Waals surface area contributed by atoms with Gasteiger partial charge in [-0.3, -0.25) is 14.4 Å². The number of amides is 3. The maximum absolute atomic E-state index is 14.2. The molecule has 2 aromatic carbocycles. The minimum atomic E-state index is -0.727. The van der Waals surface area contributed by atoms with Crippen molar-refractivity contribution in [2.75, 3.05) is 19.7 Å². The lowest BCUT2D eigenvalue weighted by Gasteiger charge is -2.36. The third-order valence-electron chi connectivity index (χ3n) is 11.1. The molecule has 2 fully saturated rings. The second-order valence-electron chi connectivity index (χ2n) is 16.6. The smallest absolute Gasteiger partial charge is 0.246 e. The molecule has 1 aliphatic carbocycles. The minimum Gasteiger partial charge on any atom is -0.490 e. The summed E-state index contributed by atoms with van der Waals surface area (Å²) in [4.78, 5) is 46.1. The standard InChI is InChI=1S/C42H59ClN6O5S/c1-25(28-13-15-30(16-14-28)39-26(2)47-24-55-39)46-21-32-20-33(50)22-49(32)41(53)40(42(3,4)5)48-37(52)19-27-9-11-29(12-10-27)34-7-6-8-35(38(34)43)54-23-31(44)17-18-36(45)51/h6-8,13-16,24-25,27,29,31-33,40,46,50H,9-12,17-23,44H2,1-5H3,(H2,45,51)(H,48,52)/t25-,27?,29?,31-,32-,33+,40+/m0/s1. The number of ether oxygens (including phenoxy) is 1. The number of carbonyl (C=O) groups is 3. The van der Waals surface area contributed by atoms with E-state index in [0.717, 1.165) is 48.1 Å². The van der Waals surface area contributed by atoms with Crippen molar-refractivity contribution in [3.05, 3.63) is 69.8 Å². The molecule has 3 aromatic rings. The van der Waals surface area contributed by atoms with E-state index in [1.54, 1.807) is 16.2 Å². The Kier molecular flexibility index (Phi) is 14.8. The van der Waals surface area contributed by atoms with Crippen LogP contribution in [0, 0.1) is 18.3 Å². The van der Waals surface area contributed by atoms with E-state index in [1.165, 1.54) is 4.88 Å². The number of hydrogen-bond acceptors (Lipinski definition) is 9. The molecule has 55 heavy (non-hydrogen) atoms. The lowest BCUT2D eigenvalue weighted by molar-refractivity contribution is -0.140. The van der Waals surface area contributed by atoms with Crippen molar-refractivity contribution < 1.29 is 24.2 Å². The molecule has 1 saturated heterocycles. The van der Waals surface area contributed by atoms with Crippen LogP contribution in [0.15, 0.2) is 48.0 Å². The number of hydrogen-bond donors (Lipinski definition) is 5. The first-order valence-corrected chi connectivity index (χ1v) is 20.8. The van der Waals surface area contributed by atoms with Gasteiger partial charge in [0.05, 0.1) is 27.2 Å². The van der Waals surface area contributed by atoms with Crippen molar-refractivity contribution in [3.8, 4) is 16.2 Å². The molecular weight excluding hydrogens is 736 g/mol. The van der Waals surface area contributed by atoms with Crippen molar-refractivity contribution in [2.45, 2.75) is 122 Å². The Balaban J connectivity index is 1.12. The zero-order valence-corrected chi connectivity index (χ0v) is 34.4. The highest BCUT2D eigenvalue weighted by atomic mass is 35.5. The van der Waals surface area contributed by atoms with Gasteiger partial charge < -0.3 is 36.8 Å². The molecule has 1 aromatic heterocycles. The van der Waals surface area contributed by atoms with Crippen LogP contribution in [0.2, 0.25) is 5.02 Å². The van der Waals surface area contributed by atoms with Gasteiger partial charge in [0.1, 0.15) is 18.4 Å². The number of aliphatic hydroxyl groups is 1. The number of aromatic nitrogens is 1. The highest BCUT2D eigenvalue weighted by Crippen LogP contribution is 2.42. The van der Waals surface area contributed by atoms with E-state index < -0.39 is 23.5 Å². The SMILES string of the molecule is Cc1ncsc1-c1ccc([C@H](C)NC[C@@H]2C[C@@H](O)CN2C(=O)[C@@H](NC(=O)CC2CCC(c3cccc(OC[C@@H](N)CCC(N)=O)c3Cl)CC2)C(C)(C)C)cc1. The van der Waals surface area contributed by atoms with Crippen molar-refractivity contribution >= 4 is 40.7 Å². The highest BCUT2D eigenvalue weighted by molar-refractivity contribution is 7.13. The Morgan fingerprint density at radius 1 is 1.11 bits per heavy atom. The molecule has 0 bridgehead atoms. The summed E-state index contributed by atoms with van der Waals surface area (Å²) in [5, 5.41) is 18.0. The number of halogens is 1. The van der Waals surface area contributed by atoms with Gasteiger partial charge >= 0.3 is 0 Å². The Hall–Kier alpha value is -3.55. The number of β-amino-alcohol motifs (C(OH)–C–C–N with tert-alkyl or cyclic N) is 1. The molecule has 7 N–H and O–H groups in total. The van der Waals surface area contributed by atoms with Crippen LogP contribution in [0.25, 0.3) is 10.4 Å². The van der Waals surface area contributed by atoms with E-state index in [2.05, 4.69) is 46.8 Å². The highest BCUT2D eigenvalue weighted by Gasteiger charge is 2.42. The fourth-order valence-electron chi connectivity index (χ4n) is 7.82. The van der Waals surface area contributed by atoms with Crippen LogP contribution < -0.4 is 26.8 Å². The minimum absolute atomic E-state index is 0.0392. The molecule has 11 nitrogen and oxygen atoms in total. The fourth-order valence-corrected chi connectivity index (χ4v) is 8.97. The van der Waals surface area contributed by atoms with Crippen molar-refractivity contribution in [3.63, 3.8) is 0 Å². The molecular formula is C42H59ClN6O5S. The third kappa shape index (κ3) is 11.5. The van der Waals surface area contributed by atoms with Crippen LogP contribution in [0.3, 0.4) is 0 Å². The second kappa shape index (κ2) is 19.1. The number of likely N-dealkylation sites (tertiary alicyclic amines) is 1. The predicted octanol–water partition coefficient (Wildman–Crippen LogP) is 6.25. The number of thiazole rings is 1. The van der Waals surface area contributed by atoms with E-state index in [-0.39, 0.29) is 61.3 Å². The number of benzene rings is 2. The Morgan fingerprint density at radius 3 is 2.45 bits per heavy atom. The van der Waals surface area contributed by atoms with Gasteiger partial charge in [-0.2, -0.15) is 0 Å². The van der Waals surface area contributed by atoms with E-state index in [9.17, 15) is 19.5 Å². The molecule has 3 amide bonds. The zero-order chi connectivity index (χ0) is 39.9. The van der Waals surface area contributed by atoms with Crippen LogP contribution in [0.1, 0.15) is 108 Å². The number of nitrogens with one attached hydrogen (secondary N) is 2. The molecule has 300 valence electrons. The largest absolute Gasteiger partial charge is 0.490 e. The van der Waals surface area contributed by atoms with Crippen LogP contribution >= 0.6 is 22.9 Å². The van der Waals surface area contributed by atoms with Crippen LogP contribution in [-0.2, 0) is 14.4 Å². The third-order valence-corrected chi connectivity index (χ3v) is 12.5. The molecule has 5 atom stereocenters. The van der Waals surface area contributed by atoms with Crippen LogP contribution in [0.4, 0.5) is 0 Å². The first-order valence-electron chi connectivity index (χ1n) is 19.6. The molecule has 1 saturated carbocycles. The predicted molar refractivity (Wildman–Crippen MR) is 219 cm³/mol. The van der Waals surface area contributed by atoms with Crippen molar-refractivity contribution in [1.82, 2.24) is 20.5 Å². The first-order chi connectivity index (χ1) is 26.1. The summed E-state index contributed by atoms with van der Waals surface area (Å²) in [6, 6.07) is 13.0. The maximum atomic E-state index is 14.2.